The van der Waals surface area contributed by atoms with E-state index in [1.54, 1.807) is 22.8 Å². The number of anilines is 1. The molecule has 1 N–H and O–H groups in total. The van der Waals surface area contributed by atoms with Gasteiger partial charge in [0.05, 0.1) is 29.3 Å². The van der Waals surface area contributed by atoms with E-state index in [4.69, 9.17) is 9.47 Å². The molecule has 2 heterocycles. The zero-order chi connectivity index (χ0) is 25.2. The number of ether oxygens (including phenoxy) is 2. The van der Waals surface area contributed by atoms with Gasteiger partial charge in [0.25, 0.3) is 11.5 Å². The second-order valence-corrected chi connectivity index (χ2v) is 9.82. The second-order valence-electron chi connectivity index (χ2n) is 9.82. The van der Waals surface area contributed by atoms with Gasteiger partial charge >= 0.3 is 5.97 Å². The van der Waals surface area contributed by atoms with Gasteiger partial charge in [-0.1, -0.05) is 33.3 Å². The van der Waals surface area contributed by atoms with Crippen molar-refractivity contribution in [3.8, 4) is 5.75 Å². The maximum atomic E-state index is 12.9. The molecule has 0 aliphatic carbocycles. The van der Waals surface area contributed by atoms with E-state index >= 15 is 0 Å². The highest BCUT2D eigenvalue weighted by atomic mass is 16.5. The Bertz CT molecular complexity index is 1340. The summed E-state index contributed by atoms with van der Waals surface area (Å²) >= 11 is 0. The number of aryl methyl sites for hydroxylation is 1. The van der Waals surface area contributed by atoms with Crippen LogP contribution in [0.15, 0.2) is 41.2 Å². The summed E-state index contributed by atoms with van der Waals surface area (Å²) in [6.07, 6.45) is 3.74. The van der Waals surface area contributed by atoms with Crippen molar-refractivity contribution in [2.24, 2.45) is 0 Å². The first-order valence-corrected chi connectivity index (χ1v) is 11.9. The summed E-state index contributed by atoms with van der Waals surface area (Å²) in [6.45, 7) is 6.44. The number of nitrogens with zero attached hydrogens (tertiary/aromatic N) is 2. The number of fused-ring (bicyclic) bond motifs is 2. The summed E-state index contributed by atoms with van der Waals surface area (Å²) in [6, 6.07) is 10.3. The van der Waals surface area contributed by atoms with Crippen molar-refractivity contribution < 1.29 is 19.1 Å². The number of hydrogen-bond donors (Lipinski definition) is 1. The lowest BCUT2D eigenvalue weighted by Crippen LogP contribution is -2.25. The molecular formula is C27H31N3O5. The monoisotopic (exact) mass is 477 g/mol. The van der Waals surface area contributed by atoms with Crippen molar-refractivity contribution in [3.05, 3.63) is 63.7 Å². The van der Waals surface area contributed by atoms with Crippen molar-refractivity contribution in [2.45, 2.75) is 58.4 Å². The number of carbonyl (C=O) groups is 2. The average Bonchev–Trinajstić information content (AvgIpc) is 3.07. The van der Waals surface area contributed by atoms with E-state index in [1.165, 1.54) is 13.2 Å². The third-order valence-electron chi connectivity index (χ3n) is 6.23. The van der Waals surface area contributed by atoms with Crippen LogP contribution in [0.2, 0.25) is 0 Å². The van der Waals surface area contributed by atoms with Gasteiger partial charge in [-0.05, 0) is 54.2 Å². The van der Waals surface area contributed by atoms with E-state index in [0.29, 0.717) is 28.9 Å². The van der Waals surface area contributed by atoms with Crippen LogP contribution in [0.25, 0.3) is 10.9 Å². The number of esters is 1. The molecule has 1 aromatic heterocycles. The Morgan fingerprint density at radius 2 is 1.89 bits per heavy atom. The molecule has 1 amide bonds. The Labute approximate surface area is 204 Å². The molecule has 0 spiro atoms. The van der Waals surface area contributed by atoms with E-state index in [1.807, 2.05) is 12.1 Å². The molecule has 0 radical (unpaired) electrons. The predicted octanol–water partition coefficient (Wildman–Crippen LogP) is 4.22. The largest absolute Gasteiger partial charge is 0.495 e. The minimum Gasteiger partial charge on any atom is -0.495 e. The highest BCUT2D eigenvalue weighted by Gasteiger charge is 2.19. The summed E-state index contributed by atoms with van der Waals surface area (Å²) in [5.74, 6) is 0.125. The number of carbonyl (C=O) groups excluding carboxylic acids is 2. The van der Waals surface area contributed by atoms with E-state index in [0.717, 1.165) is 37.1 Å². The zero-order valence-electron chi connectivity index (χ0n) is 20.6. The number of amides is 1. The smallest absolute Gasteiger partial charge is 0.338 e. The predicted molar refractivity (Wildman–Crippen MR) is 134 cm³/mol. The highest BCUT2D eigenvalue weighted by Crippen LogP contribution is 2.31. The fraction of sp³-hybridized carbons (Fsp3) is 0.407. The van der Waals surface area contributed by atoms with E-state index in [9.17, 15) is 14.4 Å². The van der Waals surface area contributed by atoms with Crippen LogP contribution < -0.4 is 15.6 Å². The van der Waals surface area contributed by atoms with Crippen molar-refractivity contribution in [3.63, 3.8) is 0 Å². The SMILES string of the molecule is COc1ccc(C(C)(C)C)cc1NC(=O)COC(=O)c1ccc2c(=O)n3c(nc2c1)CCCCC3. The first-order valence-electron chi connectivity index (χ1n) is 11.9. The average molecular weight is 478 g/mol. The van der Waals surface area contributed by atoms with Crippen LogP contribution in [-0.2, 0) is 27.9 Å². The molecule has 8 nitrogen and oxygen atoms in total. The number of nitrogens with one attached hydrogen (secondary N) is 1. The van der Waals surface area contributed by atoms with Crippen LogP contribution in [0, 0.1) is 0 Å². The van der Waals surface area contributed by atoms with E-state index in [2.05, 4.69) is 31.1 Å². The Morgan fingerprint density at radius 3 is 2.63 bits per heavy atom. The van der Waals surface area contributed by atoms with Gasteiger partial charge in [-0.25, -0.2) is 9.78 Å². The molecule has 0 unspecified atom stereocenters. The molecule has 0 saturated carbocycles. The lowest BCUT2D eigenvalue weighted by atomic mass is 9.87. The van der Waals surface area contributed by atoms with Crippen molar-refractivity contribution in [2.75, 3.05) is 19.0 Å². The minimum absolute atomic E-state index is 0.0855. The van der Waals surface area contributed by atoms with Gasteiger partial charge in [-0.3, -0.25) is 14.2 Å². The summed E-state index contributed by atoms with van der Waals surface area (Å²) in [5.41, 5.74) is 2.05. The van der Waals surface area contributed by atoms with Gasteiger partial charge in [0, 0.05) is 13.0 Å². The molecule has 0 atom stereocenters. The van der Waals surface area contributed by atoms with Crippen LogP contribution >= 0.6 is 0 Å². The number of benzene rings is 2. The molecule has 0 bridgehead atoms. The van der Waals surface area contributed by atoms with Crippen LogP contribution in [0.3, 0.4) is 0 Å². The molecule has 35 heavy (non-hydrogen) atoms. The molecule has 184 valence electrons. The maximum absolute atomic E-state index is 12.9. The first kappa shape index (κ1) is 24.4. The Hall–Kier alpha value is -3.68. The molecule has 1 aliphatic rings. The van der Waals surface area contributed by atoms with Crippen LogP contribution in [0.1, 0.15) is 61.8 Å². The molecule has 8 heteroatoms. The summed E-state index contributed by atoms with van der Waals surface area (Å²) in [4.78, 5) is 42.7. The van der Waals surface area contributed by atoms with Gasteiger partial charge in [-0.15, -0.1) is 0 Å². The first-order chi connectivity index (χ1) is 16.7. The fourth-order valence-electron chi connectivity index (χ4n) is 4.22. The third-order valence-corrected chi connectivity index (χ3v) is 6.23. The Kier molecular flexibility index (Phi) is 6.91. The normalized spacial score (nSPS) is 13.6. The van der Waals surface area contributed by atoms with Crippen LogP contribution in [-0.4, -0.2) is 35.1 Å². The summed E-state index contributed by atoms with van der Waals surface area (Å²) in [5, 5.41) is 3.23. The van der Waals surface area contributed by atoms with Gasteiger partial charge < -0.3 is 14.8 Å². The van der Waals surface area contributed by atoms with Crippen molar-refractivity contribution >= 4 is 28.5 Å². The van der Waals surface area contributed by atoms with Gasteiger partial charge in [0.15, 0.2) is 6.61 Å². The molecule has 0 fully saturated rings. The number of hydrogen-bond acceptors (Lipinski definition) is 6. The number of methoxy groups -OCH3 is 1. The quantitative estimate of drug-likeness (QED) is 0.552. The summed E-state index contributed by atoms with van der Waals surface area (Å²) < 4.78 is 12.3. The maximum Gasteiger partial charge on any atom is 0.338 e. The summed E-state index contributed by atoms with van der Waals surface area (Å²) in [7, 11) is 1.53. The Balaban J connectivity index is 1.47. The number of aromatic nitrogens is 2. The van der Waals surface area contributed by atoms with Gasteiger partial charge in [0.1, 0.15) is 11.6 Å². The Morgan fingerprint density at radius 1 is 1.09 bits per heavy atom. The fourth-order valence-corrected chi connectivity index (χ4v) is 4.22. The highest BCUT2D eigenvalue weighted by molar-refractivity contribution is 5.98. The molecule has 4 rings (SSSR count). The lowest BCUT2D eigenvalue weighted by molar-refractivity contribution is -0.119. The van der Waals surface area contributed by atoms with Gasteiger partial charge in [-0.2, -0.15) is 0 Å². The number of rotatable bonds is 5. The second kappa shape index (κ2) is 9.90. The topological polar surface area (TPSA) is 99.5 Å². The van der Waals surface area contributed by atoms with E-state index in [-0.39, 0.29) is 16.5 Å². The van der Waals surface area contributed by atoms with Crippen molar-refractivity contribution in [1.29, 1.82) is 0 Å². The zero-order valence-corrected chi connectivity index (χ0v) is 20.6. The minimum atomic E-state index is -0.658. The van der Waals surface area contributed by atoms with Gasteiger partial charge in [0.2, 0.25) is 0 Å². The third kappa shape index (κ3) is 5.37. The van der Waals surface area contributed by atoms with Crippen LogP contribution in [0.4, 0.5) is 5.69 Å². The molecule has 1 aliphatic heterocycles. The molecular weight excluding hydrogens is 446 g/mol. The molecule has 0 saturated heterocycles. The van der Waals surface area contributed by atoms with E-state index < -0.39 is 18.5 Å². The standard InChI is InChI=1S/C27H31N3O5/c1-27(2,3)18-10-12-22(34-4)21(15-18)29-24(31)16-35-26(33)17-9-11-19-20(14-17)28-23-8-6-5-7-13-30(23)25(19)32/h9-12,14-15H,5-8,13,16H2,1-4H3,(H,29,31). The molecule has 2 aromatic carbocycles. The van der Waals surface area contributed by atoms with Crippen molar-refractivity contribution in [1.82, 2.24) is 9.55 Å². The van der Waals surface area contributed by atoms with Crippen LogP contribution in [0.5, 0.6) is 5.75 Å². The lowest BCUT2D eigenvalue weighted by Gasteiger charge is -2.21. The molecule has 3 aromatic rings.